The van der Waals surface area contributed by atoms with E-state index in [1.165, 1.54) is 6.92 Å². The van der Waals surface area contributed by atoms with Gasteiger partial charge in [-0.3, -0.25) is 14.4 Å². The molecular formula is C12H15N3O3. The molecule has 3 N–H and O–H groups in total. The molecule has 0 aliphatic carbocycles. The van der Waals surface area contributed by atoms with Gasteiger partial charge in [-0.2, -0.15) is 0 Å². The van der Waals surface area contributed by atoms with E-state index in [2.05, 4.69) is 16.0 Å². The van der Waals surface area contributed by atoms with Crippen molar-refractivity contribution in [2.45, 2.75) is 6.92 Å². The Balaban J connectivity index is 2.29. The first kappa shape index (κ1) is 13.7. The molecule has 18 heavy (non-hydrogen) atoms. The number of carbonyl (C=O) groups excluding carboxylic acids is 3. The summed E-state index contributed by atoms with van der Waals surface area (Å²) in [6, 6.07) is 8.68. The van der Waals surface area contributed by atoms with E-state index in [0.717, 1.165) is 0 Å². The van der Waals surface area contributed by atoms with Crippen LogP contribution in [-0.2, 0) is 14.4 Å². The zero-order valence-corrected chi connectivity index (χ0v) is 10.0. The molecule has 0 saturated heterocycles. The van der Waals surface area contributed by atoms with Gasteiger partial charge in [0.1, 0.15) is 0 Å². The second-order valence-corrected chi connectivity index (χ2v) is 3.56. The smallest absolute Gasteiger partial charge is 0.313 e. The molecule has 96 valence electrons. The van der Waals surface area contributed by atoms with E-state index >= 15 is 0 Å². The Bertz CT molecular complexity index is 431. The monoisotopic (exact) mass is 249 g/mol. The van der Waals surface area contributed by atoms with Crippen molar-refractivity contribution in [3.8, 4) is 0 Å². The zero-order chi connectivity index (χ0) is 13.4. The molecule has 1 aromatic carbocycles. The van der Waals surface area contributed by atoms with E-state index < -0.39 is 11.8 Å². The number of hydrogen-bond acceptors (Lipinski definition) is 3. The molecule has 0 aliphatic heterocycles. The van der Waals surface area contributed by atoms with E-state index in [4.69, 9.17) is 0 Å². The third-order valence-electron chi connectivity index (χ3n) is 2.02. The Morgan fingerprint density at radius 1 is 0.944 bits per heavy atom. The average Bonchev–Trinajstić information content (AvgIpc) is 2.35. The van der Waals surface area contributed by atoms with Crippen LogP contribution in [-0.4, -0.2) is 30.8 Å². The van der Waals surface area contributed by atoms with Crippen molar-refractivity contribution in [1.29, 1.82) is 0 Å². The van der Waals surface area contributed by atoms with Crippen molar-refractivity contribution in [2.75, 3.05) is 18.4 Å². The van der Waals surface area contributed by atoms with Crippen LogP contribution in [0.2, 0.25) is 0 Å². The number of nitrogens with one attached hydrogen (secondary N) is 3. The fourth-order valence-electron chi connectivity index (χ4n) is 1.20. The summed E-state index contributed by atoms with van der Waals surface area (Å²) in [5.74, 6) is -1.65. The molecule has 1 aromatic rings. The molecule has 6 nitrogen and oxygen atoms in total. The van der Waals surface area contributed by atoms with Gasteiger partial charge in [0.05, 0.1) is 0 Å². The van der Waals surface area contributed by atoms with Gasteiger partial charge in [0.25, 0.3) is 0 Å². The maximum absolute atomic E-state index is 11.4. The Morgan fingerprint density at radius 3 is 2.17 bits per heavy atom. The lowest BCUT2D eigenvalue weighted by molar-refractivity contribution is -0.136. The highest BCUT2D eigenvalue weighted by Gasteiger charge is 2.12. The fraction of sp³-hybridized carbons (Fsp3) is 0.250. The Morgan fingerprint density at radius 2 is 1.56 bits per heavy atom. The van der Waals surface area contributed by atoms with Crippen LogP contribution >= 0.6 is 0 Å². The van der Waals surface area contributed by atoms with Crippen LogP contribution in [0, 0.1) is 0 Å². The fourth-order valence-corrected chi connectivity index (χ4v) is 1.20. The van der Waals surface area contributed by atoms with Crippen molar-refractivity contribution in [3.05, 3.63) is 30.3 Å². The van der Waals surface area contributed by atoms with Crippen LogP contribution in [0.3, 0.4) is 0 Å². The molecule has 0 aliphatic rings. The zero-order valence-electron chi connectivity index (χ0n) is 10.0. The van der Waals surface area contributed by atoms with Gasteiger partial charge >= 0.3 is 11.8 Å². The summed E-state index contributed by atoms with van der Waals surface area (Å²) in [5.41, 5.74) is 0.555. The number of para-hydroxylation sites is 1. The summed E-state index contributed by atoms with van der Waals surface area (Å²) >= 11 is 0. The lowest BCUT2D eigenvalue weighted by Crippen LogP contribution is -2.39. The van der Waals surface area contributed by atoms with Gasteiger partial charge in [-0.1, -0.05) is 18.2 Å². The van der Waals surface area contributed by atoms with Gasteiger partial charge in [-0.05, 0) is 12.1 Å². The first-order chi connectivity index (χ1) is 8.59. The molecule has 0 unspecified atom stereocenters. The minimum Gasteiger partial charge on any atom is -0.355 e. The van der Waals surface area contributed by atoms with Gasteiger partial charge in [0, 0.05) is 25.7 Å². The van der Waals surface area contributed by atoms with Crippen molar-refractivity contribution in [3.63, 3.8) is 0 Å². The molecule has 0 radical (unpaired) electrons. The van der Waals surface area contributed by atoms with Gasteiger partial charge in [-0.15, -0.1) is 0 Å². The summed E-state index contributed by atoms with van der Waals surface area (Å²) < 4.78 is 0. The summed E-state index contributed by atoms with van der Waals surface area (Å²) in [4.78, 5) is 33.3. The van der Waals surface area contributed by atoms with Crippen LogP contribution in [0.15, 0.2) is 30.3 Å². The number of amides is 3. The third kappa shape index (κ3) is 5.11. The second-order valence-electron chi connectivity index (χ2n) is 3.56. The van der Waals surface area contributed by atoms with Gasteiger partial charge in [-0.25, -0.2) is 0 Å². The largest absolute Gasteiger partial charge is 0.355 e. The van der Waals surface area contributed by atoms with Crippen LogP contribution in [0.1, 0.15) is 6.92 Å². The highest BCUT2D eigenvalue weighted by atomic mass is 16.2. The minimum absolute atomic E-state index is 0.182. The maximum atomic E-state index is 11.4. The summed E-state index contributed by atoms with van der Waals surface area (Å²) in [5, 5.41) is 7.35. The van der Waals surface area contributed by atoms with Crippen molar-refractivity contribution < 1.29 is 14.4 Å². The highest BCUT2D eigenvalue weighted by Crippen LogP contribution is 2.03. The Kier molecular flexibility index (Phi) is 5.37. The lowest BCUT2D eigenvalue weighted by Gasteiger charge is -2.06. The second kappa shape index (κ2) is 7.05. The predicted molar refractivity (Wildman–Crippen MR) is 66.8 cm³/mol. The van der Waals surface area contributed by atoms with E-state index in [1.807, 2.05) is 6.07 Å². The van der Waals surface area contributed by atoms with Crippen molar-refractivity contribution in [2.24, 2.45) is 0 Å². The van der Waals surface area contributed by atoms with Crippen LogP contribution in [0.25, 0.3) is 0 Å². The third-order valence-corrected chi connectivity index (χ3v) is 2.02. The molecule has 0 atom stereocenters. The van der Waals surface area contributed by atoms with E-state index in [-0.39, 0.29) is 12.5 Å². The van der Waals surface area contributed by atoms with Crippen LogP contribution in [0.5, 0.6) is 0 Å². The summed E-state index contributed by atoms with van der Waals surface area (Å²) in [6.45, 7) is 1.88. The highest BCUT2D eigenvalue weighted by molar-refractivity contribution is 6.39. The number of carbonyl (C=O) groups is 3. The first-order valence-corrected chi connectivity index (χ1v) is 5.48. The van der Waals surface area contributed by atoms with Crippen molar-refractivity contribution >= 4 is 23.4 Å². The topological polar surface area (TPSA) is 87.3 Å². The molecular weight excluding hydrogens is 234 g/mol. The van der Waals surface area contributed by atoms with Crippen LogP contribution < -0.4 is 16.0 Å². The quantitative estimate of drug-likeness (QED) is 0.513. The van der Waals surface area contributed by atoms with E-state index in [0.29, 0.717) is 12.2 Å². The standard InChI is InChI=1S/C12H15N3O3/c1-9(16)13-7-8-14-11(17)12(18)15-10-5-3-2-4-6-10/h2-6H,7-8H2,1H3,(H,13,16)(H,14,17)(H,15,18). The van der Waals surface area contributed by atoms with Crippen molar-refractivity contribution in [1.82, 2.24) is 10.6 Å². The molecule has 0 saturated carbocycles. The molecule has 1 rings (SSSR count). The molecule has 0 bridgehead atoms. The Labute approximate surface area is 105 Å². The molecule has 0 aromatic heterocycles. The average molecular weight is 249 g/mol. The molecule has 6 heteroatoms. The predicted octanol–water partition coefficient (Wildman–Crippen LogP) is -0.123. The van der Waals surface area contributed by atoms with E-state index in [9.17, 15) is 14.4 Å². The van der Waals surface area contributed by atoms with Gasteiger partial charge < -0.3 is 16.0 Å². The molecule has 0 fully saturated rings. The molecule has 0 spiro atoms. The molecule has 0 heterocycles. The SMILES string of the molecule is CC(=O)NCCNC(=O)C(=O)Nc1ccccc1. The van der Waals surface area contributed by atoms with E-state index in [1.54, 1.807) is 24.3 Å². The van der Waals surface area contributed by atoms with Gasteiger partial charge in [0.2, 0.25) is 5.91 Å². The summed E-state index contributed by atoms with van der Waals surface area (Å²) in [7, 11) is 0. The first-order valence-electron chi connectivity index (χ1n) is 5.48. The number of rotatable bonds is 4. The number of hydrogen-bond donors (Lipinski definition) is 3. The van der Waals surface area contributed by atoms with Gasteiger partial charge in [0.15, 0.2) is 0 Å². The Hall–Kier alpha value is -2.37. The lowest BCUT2D eigenvalue weighted by atomic mass is 10.3. The number of anilines is 1. The molecule has 3 amide bonds. The maximum Gasteiger partial charge on any atom is 0.313 e. The summed E-state index contributed by atoms with van der Waals surface area (Å²) in [6.07, 6.45) is 0. The normalized spacial score (nSPS) is 9.39. The minimum atomic E-state index is -0.732. The van der Waals surface area contributed by atoms with Crippen LogP contribution in [0.4, 0.5) is 5.69 Å². The number of benzene rings is 1.